The molecule has 0 fully saturated rings. The Morgan fingerprint density at radius 2 is 1.92 bits per heavy atom. The van der Waals surface area contributed by atoms with Gasteiger partial charge in [0.2, 0.25) is 5.82 Å². The summed E-state index contributed by atoms with van der Waals surface area (Å²) in [6.07, 6.45) is 3.20. The Morgan fingerprint density at radius 3 is 2.50 bits per heavy atom. The molecule has 0 unspecified atom stereocenters. The highest BCUT2D eigenvalue weighted by Crippen LogP contribution is 2.12. The van der Waals surface area contributed by atoms with E-state index in [0.717, 1.165) is 0 Å². The van der Waals surface area contributed by atoms with Gasteiger partial charge in [0.25, 0.3) is 11.1 Å². The van der Waals surface area contributed by atoms with E-state index in [1.165, 1.54) is 0 Å². The first-order valence-corrected chi connectivity index (χ1v) is 3.61. The minimum atomic E-state index is 0.206. The fourth-order valence-corrected chi connectivity index (χ4v) is 0.847. The van der Waals surface area contributed by atoms with Crippen LogP contribution >= 0.6 is 12.6 Å². The fraction of sp³-hybridized carbons (Fsp3) is 0. The van der Waals surface area contributed by atoms with E-state index in [1.807, 2.05) is 0 Å². The summed E-state index contributed by atoms with van der Waals surface area (Å²) in [4.78, 5) is 7.84. The summed E-state index contributed by atoms with van der Waals surface area (Å²) in [6, 6.07) is 1.71. The van der Waals surface area contributed by atoms with Crippen LogP contribution in [-0.2, 0) is 0 Å². The van der Waals surface area contributed by atoms with Gasteiger partial charge in [0.15, 0.2) is 0 Å². The highest BCUT2D eigenvalue weighted by atomic mass is 32.1. The topological polar surface area (TPSA) is 64.7 Å². The zero-order chi connectivity index (χ0) is 8.39. The molecule has 12 heavy (non-hydrogen) atoms. The van der Waals surface area contributed by atoms with Crippen molar-refractivity contribution in [3.63, 3.8) is 0 Å². The number of nitrogens with zero attached hydrogens (tertiary/aromatic N) is 4. The average molecular weight is 180 g/mol. The van der Waals surface area contributed by atoms with Crippen LogP contribution in [0.4, 0.5) is 0 Å². The van der Waals surface area contributed by atoms with Crippen LogP contribution in [0.25, 0.3) is 11.7 Å². The molecule has 0 saturated heterocycles. The molecule has 0 aliphatic rings. The van der Waals surface area contributed by atoms with Crippen molar-refractivity contribution in [2.45, 2.75) is 5.22 Å². The molecule has 2 rings (SSSR count). The van der Waals surface area contributed by atoms with Gasteiger partial charge >= 0.3 is 0 Å². The molecule has 0 bridgehead atoms. The molecule has 0 N–H and O–H groups in total. The molecule has 0 amide bonds. The molecule has 0 spiro atoms. The molecular weight excluding hydrogens is 176 g/mol. The number of rotatable bonds is 1. The summed E-state index contributed by atoms with van der Waals surface area (Å²) >= 11 is 3.86. The Bertz CT molecular complexity index is 374. The molecule has 5 nitrogen and oxygen atoms in total. The molecule has 2 heterocycles. The van der Waals surface area contributed by atoms with Crippen LogP contribution in [0, 0.1) is 0 Å². The molecule has 0 saturated carbocycles. The molecule has 0 aromatic carbocycles. The van der Waals surface area contributed by atoms with E-state index in [0.29, 0.717) is 5.82 Å². The highest BCUT2D eigenvalue weighted by molar-refractivity contribution is 7.80. The van der Waals surface area contributed by atoms with Crippen molar-refractivity contribution in [3.8, 4) is 11.7 Å². The standard InChI is InChI=1S/C6H4N4OS/c12-6-10-9-5(11-6)4-7-2-1-3-8-4/h1-3H,(H,10,12). The van der Waals surface area contributed by atoms with Crippen LogP contribution in [0.3, 0.4) is 0 Å². The third-order valence-electron chi connectivity index (χ3n) is 1.17. The monoisotopic (exact) mass is 180 g/mol. The van der Waals surface area contributed by atoms with Gasteiger partial charge in [0.05, 0.1) is 0 Å². The highest BCUT2D eigenvalue weighted by Gasteiger charge is 2.07. The molecule has 2 aromatic heterocycles. The summed E-state index contributed by atoms with van der Waals surface area (Å²) in [6.45, 7) is 0. The van der Waals surface area contributed by atoms with E-state index in [1.54, 1.807) is 18.5 Å². The third-order valence-corrected chi connectivity index (χ3v) is 1.35. The first kappa shape index (κ1) is 7.23. The van der Waals surface area contributed by atoms with Gasteiger partial charge in [-0.3, -0.25) is 0 Å². The molecule has 0 aliphatic heterocycles. The van der Waals surface area contributed by atoms with Gasteiger partial charge in [-0.1, -0.05) is 12.6 Å². The van der Waals surface area contributed by atoms with Gasteiger partial charge < -0.3 is 4.42 Å². The van der Waals surface area contributed by atoms with Gasteiger partial charge in [-0.05, 0) is 6.07 Å². The van der Waals surface area contributed by atoms with Crippen molar-refractivity contribution in [1.82, 2.24) is 20.2 Å². The lowest BCUT2D eigenvalue weighted by molar-refractivity contribution is 0.465. The van der Waals surface area contributed by atoms with E-state index < -0.39 is 0 Å². The van der Waals surface area contributed by atoms with Gasteiger partial charge in [-0.25, -0.2) is 9.97 Å². The smallest absolute Gasteiger partial charge is 0.286 e. The maximum atomic E-state index is 4.99. The maximum absolute atomic E-state index is 4.99. The maximum Gasteiger partial charge on any atom is 0.286 e. The summed E-state index contributed by atoms with van der Waals surface area (Å²) < 4.78 is 4.99. The van der Waals surface area contributed by atoms with Gasteiger partial charge in [-0.15, -0.1) is 10.2 Å². The Labute approximate surface area is 73.3 Å². The quantitative estimate of drug-likeness (QED) is 0.658. The van der Waals surface area contributed by atoms with Crippen molar-refractivity contribution >= 4 is 12.6 Å². The van der Waals surface area contributed by atoms with Crippen LogP contribution in [0.2, 0.25) is 0 Å². The third kappa shape index (κ3) is 1.28. The number of hydrogen-bond donors (Lipinski definition) is 1. The zero-order valence-electron chi connectivity index (χ0n) is 5.88. The van der Waals surface area contributed by atoms with E-state index in [9.17, 15) is 0 Å². The molecule has 60 valence electrons. The second-order valence-electron chi connectivity index (χ2n) is 1.96. The molecule has 0 radical (unpaired) electrons. The zero-order valence-corrected chi connectivity index (χ0v) is 6.77. The van der Waals surface area contributed by atoms with Crippen LogP contribution in [-0.4, -0.2) is 20.2 Å². The molecule has 6 heteroatoms. The van der Waals surface area contributed by atoms with E-state index >= 15 is 0 Å². The van der Waals surface area contributed by atoms with Crippen molar-refractivity contribution < 1.29 is 4.42 Å². The Hall–Kier alpha value is -1.43. The number of thiol groups is 1. The summed E-state index contributed by atoms with van der Waals surface area (Å²) in [7, 11) is 0. The normalized spacial score (nSPS) is 10.1. The Morgan fingerprint density at radius 1 is 1.17 bits per heavy atom. The van der Waals surface area contributed by atoms with E-state index in [4.69, 9.17) is 4.42 Å². The lowest BCUT2D eigenvalue weighted by Crippen LogP contribution is -1.85. The Kier molecular flexibility index (Phi) is 1.75. The lowest BCUT2D eigenvalue weighted by Gasteiger charge is -1.88. The first-order valence-electron chi connectivity index (χ1n) is 3.16. The van der Waals surface area contributed by atoms with Crippen LogP contribution < -0.4 is 0 Å². The van der Waals surface area contributed by atoms with Crippen molar-refractivity contribution in [2.24, 2.45) is 0 Å². The van der Waals surface area contributed by atoms with Crippen molar-refractivity contribution in [3.05, 3.63) is 18.5 Å². The second kappa shape index (κ2) is 2.90. The van der Waals surface area contributed by atoms with Crippen molar-refractivity contribution in [1.29, 1.82) is 0 Å². The molecule has 0 atom stereocenters. The summed E-state index contributed by atoms with van der Waals surface area (Å²) in [5.41, 5.74) is 0. The van der Waals surface area contributed by atoms with Gasteiger partial charge in [0.1, 0.15) is 0 Å². The average Bonchev–Trinajstić information content (AvgIpc) is 2.54. The fourth-order valence-electron chi connectivity index (χ4n) is 0.715. The van der Waals surface area contributed by atoms with E-state index in [-0.39, 0.29) is 11.1 Å². The minimum Gasteiger partial charge on any atom is -0.408 e. The predicted octanol–water partition coefficient (Wildman–Crippen LogP) is 0.815. The van der Waals surface area contributed by atoms with Crippen LogP contribution in [0.15, 0.2) is 28.1 Å². The number of hydrogen-bond acceptors (Lipinski definition) is 6. The van der Waals surface area contributed by atoms with Crippen LogP contribution in [0.5, 0.6) is 0 Å². The second-order valence-corrected chi connectivity index (χ2v) is 2.34. The molecule has 0 aliphatic carbocycles. The Balaban J connectivity index is 2.45. The van der Waals surface area contributed by atoms with Gasteiger partial charge in [0, 0.05) is 12.4 Å². The SMILES string of the molecule is Sc1nnc(-c2ncccn2)o1. The predicted molar refractivity (Wildman–Crippen MR) is 42.6 cm³/mol. The number of aromatic nitrogens is 4. The largest absolute Gasteiger partial charge is 0.408 e. The van der Waals surface area contributed by atoms with E-state index in [2.05, 4.69) is 32.8 Å². The summed E-state index contributed by atoms with van der Waals surface area (Å²) in [5, 5.41) is 7.43. The van der Waals surface area contributed by atoms with Crippen LogP contribution in [0.1, 0.15) is 0 Å². The van der Waals surface area contributed by atoms with Gasteiger partial charge in [-0.2, -0.15) is 0 Å². The summed E-state index contributed by atoms with van der Waals surface area (Å²) in [5.74, 6) is 0.686. The van der Waals surface area contributed by atoms with Crippen molar-refractivity contribution in [2.75, 3.05) is 0 Å². The minimum absolute atomic E-state index is 0.206. The lowest BCUT2D eigenvalue weighted by atomic mass is 10.5. The molecule has 2 aromatic rings. The first-order chi connectivity index (χ1) is 5.86. The molecular formula is C6H4N4OS.